The summed E-state index contributed by atoms with van der Waals surface area (Å²) in [7, 11) is -3.70. The largest absolute Gasteiger partial charge is 0.494 e. The minimum Gasteiger partial charge on any atom is -0.494 e. The molecule has 0 saturated carbocycles. The smallest absolute Gasteiger partial charge is 0.276 e. The summed E-state index contributed by atoms with van der Waals surface area (Å²) in [5.74, 6) is 0.630. The first kappa shape index (κ1) is 18.0. The van der Waals surface area contributed by atoms with Crippen LogP contribution >= 0.6 is 0 Å². The number of nitrogens with one attached hydrogen (secondary N) is 1. The minimum atomic E-state index is -3.70. The number of hydrazone groups is 1. The molecular formula is C18H22N2O3S. The van der Waals surface area contributed by atoms with Crippen LogP contribution in [0.5, 0.6) is 5.75 Å². The molecule has 0 aromatic heterocycles. The first-order valence-corrected chi connectivity index (χ1v) is 9.17. The monoisotopic (exact) mass is 346 g/mol. The van der Waals surface area contributed by atoms with Crippen LogP contribution in [0.1, 0.15) is 29.2 Å². The number of hydrogen-bond acceptors (Lipinski definition) is 4. The van der Waals surface area contributed by atoms with E-state index < -0.39 is 10.0 Å². The van der Waals surface area contributed by atoms with Crippen LogP contribution in [0, 0.1) is 20.8 Å². The molecule has 0 unspecified atom stereocenters. The quantitative estimate of drug-likeness (QED) is 0.644. The van der Waals surface area contributed by atoms with Crippen molar-refractivity contribution < 1.29 is 13.2 Å². The van der Waals surface area contributed by atoms with Crippen molar-refractivity contribution in [2.75, 3.05) is 6.61 Å². The van der Waals surface area contributed by atoms with Crippen molar-refractivity contribution in [3.05, 3.63) is 58.7 Å². The van der Waals surface area contributed by atoms with Crippen LogP contribution in [-0.2, 0) is 10.0 Å². The van der Waals surface area contributed by atoms with Crippen LogP contribution in [0.25, 0.3) is 0 Å². The second-order valence-corrected chi connectivity index (χ2v) is 7.23. The summed E-state index contributed by atoms with van der Waals surface area (Å²) in [5.41, 5.74) is 4.18. The van der Waals surface area contributed by atoms with Crippen molar-refractivity contribution in [3.8, 4) is 5.75 Å². The average Bonchev–Trinajstić information content (AvgIpc) is 2.51. The lowest BCUT2D eigenvalue weighted by Crippen LogP contribution is -2.18. The number of hydrogen-bond donors (Lipinski definition) is 1. The molecule has 5 nitrogen and oxygen atoms in total. The molecule has 2 aromatic rings. The Bertz CT molecular complexity index is 818. The third kappa shape index (κ3) is 4.35. The predicted molar refractivity (Wildman–Crippen MR) is 96.2 cm³/mol. The Balaban J connectivity index is 2.15. The maximum Gasteiger partial charge on any atom is 0.276 e. The van der Waals surface area contributed by atoms with E-state index >= 15 is 0 Å². The van der Waals surface area contributed by atoms with Crippen LogP contribution in [0.4, 0.5) is 0 Å². The average molecular weight is 346 g/mol. The van der Waals surface area contributed by atoms with E-state index in [2.05, 4.69) is 9.93 Å². The van der Waals surface area contributed by atoms with Crippen LogP contribution in [0.15, 0.2) is 46.4 Å². The van der Waals surface area contributed by atoms with Crippen molar-refractivity contribution in [1.82, 2.24) is 4.83 Å². The van der Waals surface area contributed by atoms with Crippen LogP contribution < -0.4 is 9.57 Å². The highest BCUT2D eigenvalue weighted by molar-refractivity contribution is 7.89. The Morgan fingerprint density at radius 2 is 1.67 bits per heavy atom. The van der Waals surface area contributed by atoms with Crippen molar-refractivity contribution in [2.24, 2.45) is 5.10 Å². The van der Waals surface area contributed by atoms with Gasteiger partial charge in [-0.15, -0.1) is 0 Å². The molecule has 0 aliphatic carbocycles. The molecule has 128 valence electrons. The van der Waals surface area contributed by atoms with Crippen molar-refractivity contribution >= 4 is 16.2 Å². The SMILES string of the molecule is CCOc1ccc(S(=O)(=O)NN=Cc2c(C)cc(C)cc2C)cc1. The highest BCUT2D eigenvalue weighted by Gasteiger charge is 2.12. The van der Waals surface area contributed by atoms with Gasteiger partial charge in [0.15, 0.2) is 0 Å². The third-order valence-corrected chi connectivity index (χ3v) is 4.79. The number of benzene rings is 2. The van der Waals surface area contributed by atoms with Crippen molar-refractivity contribution in [2.45, 2.75) is 32.6 Å². The molecule has 0 aliphatic heterocycles. The predicted octanol–water partition coefficient (Wildman–Crippen LogP) is 3.32. The molecule has 0 bridgehead atoms. The molecule has 0 fully saturated rings. The first-order chi connectivity index (χ1) is 11.3. The van der Waals surface area contributed by atoms with Gasteiger partial charge in [0.2, 0.25) is 0 Å². The van der Waals surface area contributed by atoms with Crippen LogP contribution in [0.2, 0.25) is 0 Å². The van der Waals surface area contributed by atoms with Crippen LogP contribution in [-0.4, -0.2) is 21.2 Å². The highest BCUT2D eigenvalue weighted by Crippen LogP contribution is 2.16. The molecule has 24 heavy (non-hydrogen) atoms. The Morgan fingerprint density at radius 1 is 1.08 bits per heavy atom. The lowest BCUT2D eigenvalue weighted by Gasteiger charge is -2.08. The van der Waals surface area contributed by atoms with E-state index in [-0.39, 0.29) is 4.90 Å². The number of ether oxygens (including phenoxy) is 1. The van der Waals surface area contributed by atoms with E-state index in [9.17, 15) is 8.42 Å². The molecule has 6 heteroatoms. The maximum atomic E-state index is 12.2. The maximum absolute atomic E-state index is 12.2. The van der Waals surface area contributed by atoms with Gasteiger partial charge in [-0.1, -0.05) is 17.7 Å². The molecule has 2 aromatic carbocycles. The van der Waals surface area contributed by atoms with E-state index in [1.54, 1.807) is 12.1 Å². The lowest BCUT2D eigenvalue weighted by molar-refractivity contribution is 0.340. The fourth-order valence-corrected chi connectivity index (χ4v) is 3.28. The topological polar surface area (TPSA) is 67.8 Å². The zero-order valence-corrected chi connectivity index (χ0v) is 15.1. The summed E-state index contributed by atoms with van der Waals surface area (Å²) in [4.78, 5) is 2.38. The van der Waals surface area contributed by atoms with Crippen molar-refractivity contribution in [3.63, 3.8) is 0 Å². The summed E-state index contributed by atoms with van der Waals surface area (Å²) in [6.45, 7) is 8.38. The molecule has 0 atom stereocenters. The third-order valence-electron chi connectivity index (χ3n) is 3.55. The number of aryl methyl sites for hydroxylation is 3. The summed E-state index contributed by atoms with van der Waals surface area (Å²) >= 11 is 0. The molecule has 0 aliphatic rings. The normalized spacial score (nSPS) is 11.7. The molecule has 0 radical (unpaired) electrons. The van der Waals surface area contributed by atoms with Gasteiger partial charge in [0.1, 0.15) is 5.75 Å². The van der Waals surface area contributed by atoms with Gasteiger partial charge in [0.05, 0.1) is 17.7 Å². The Kier molecular flexibility index (Phi) is 5.62. The standard InChI is InChI=1S/C18H22N2O3S/c1-5-23-16-6-8-17(9-7-16)24(21,22)20-19-12-18-14(3)10-13(2)11-15(18)4/h6-12,20H,5H2,1-4H3. The summed E-state index contributed by atoms with van der Waals surface area (Å²) in [5, 5.41) is 3.91. The van der Waals surface area contributed by atoms with Gasteiger partial charge in [0.25, 0.3) is 10.0 Å². The van der Waals surface area contributed by atoms with Crippen LogP contribution in [0.3, 0.4) is 0 Å². The number of nitrogens with zero attached hydrogens (tertiary/aromatic N) is 1. The molecule has 0 spiro atoms. The van der Waals surface area contributed by atoms with Gasteiger partial charge in [-0.05, 0) is 63.1 Å². The summed E-state index contributed by atoms with van der Waals surface area (Å²) in [6.07, 6.45) is 1.54. The second-order valence-electron chi connectivity index (χ2n) is 5.57. The first-order valence-electron chi connectivity index (χ1n) is 7.69. The van der Waals surface area contributed by atoms with Gasteiger partial charge in [-0.25, -0.2) is 4.83 Å². The zero-order valence-electron chi connectivity index (χ0n) is 14.3. The summed E-state index contributed by atoms with van der Waals surface area (Å²) in [6, 6.07) is 10.3. The summed E-state index contributed by atoms with van der Waals surface area (Å²) < 4.78 is 29.8. The Hall–Kier alpha value is -2.34. The van der Waals surface area contributed by atoms with Gasteiger partial charge in [0, 0.05) is 5.56 Å². The van der Waals surface area contributed by atoms with E-state index in [1.165, 1.54) is 18.3 Å². The Morgan fingerprint density at radius 3 is 2.21 bits per heavy atom. The Labute approximate surface area is 143 Å². The fourth-order valence-electron chi connectivity index (χ4n) is 2.49. The molecule has 0 heterocycles. The highest BCUT2D eigenvalue weighted by atomic mass is 32.2. The number of rotatable bonds is 6. The molecule has 0 saturated heterocycles. The zero-order chi connectivity index (χ0) is 17.7. The van der Waals surface area contributed by atoms with E-state index in [0.717, 1.165) is 22.3 Å². The van der Waals surface area contributed by atoms with E-state index in [4.69, 9.17) is 4.74 Å². The van der Waals surface area contributed by atoms with E-state index in [1.807, 2.05) is 39.8 Å². The molecule has 2 rings (SSSR count). The molecule has 0 amide bonds. The van der Waals surface area contributed by atoms with E-state index in [0.29, 0.717) is 12.4 Å². The second kappa shape index (κ2) is 7.49. The fraction of sp³-hybridized carbons (Fsp3) is 0.278. The van der Waals surface area contributed by atoms with Gasteiger partial charge < -0.3 is 4.74 Å². The number of sulfonamides is 1. The molecule has 1 N–H and O–H groups in total. The van der Waals surface area contributed by atoms with Gasteiger partial charge in [-0.2, -0.15) is 13.5 Å². The van der Waals surface area contributed by atoms with Gasteiger partial charge in [-0.3, -0.25) is 0 Å². The van der Waals surface area contributed by atoms with Gasteiger partial charge >= 0.3 is 0 Å². The van der Waals surface area contributed by atoms with Crippen molar-refractivity contribution in [1.29, 1.82) is 0 Å². The minimum absolute atomic E-state index is 0.139. The lowest BCUT2D eigenvalue weighted by atomic mass is 10.0. The molecular weight excluding hydrogens is 324 g/mol.